The van der Waals surface area contributed by atoms with Crippen molar-refractivity contribution in [2.24, 2.45) is 0 Å². The molecule has 0 aliphatic heterocycles. The predicted octanol–water partition coefficient (Wildman–Crippen LogP) is 3.17. The average Bonchev–Trinajstić information content (AvgIpc) is 2.37. The van der Waals surface area contributed by atoms with E-state index < -0.39 is 0 Å². The maximum absolute atomic E-state index is 5.88. The number of rotatable bonds is 2. The van der Waals surface area contributed by atoms with Gasteiger partial charge in [-0.2, -0.15) is 0 Å². The number of aromatic nitrogens is 2. The number of hydrogen-bond acceptors (Lipinski definition) is 4. The molecule has 4 heteroatoms. The Morgan fingerprint density at radius 1 is 1.20 bits per heavy atom. The molecule has 3 N–H and O–H groups in total. The van der Waals surface area contributed by atoms with E-state index in [-0.39, 0.29) is 0 Å². The molecule has 1 aromatic heterocycles. The summed E-state index contributed by atoms with van der Waals surface area (Å²) in [6.45, 7) is 3.92. The van der Waals surface area contributed by atoms with E-state index in [1.807, 2.05) is 26.0 Å². The Morgan fingerprint density at radius 3 is 2.85 bits per heavy atom. The molecule has 0 saturated heterocycles. The maximum Gasteiger partial charge on any atom is 0.130 e. The largest absolute Gasteiger partial charge is 0.399 e. The van der Waals surface area contributed by atoms with Crippen LogP contribution in [0.4, 0.5) is 11.5 Å². The Labute approximate surface area is 119 Å². The van der Waals surface area contributed by atoms with Crippen LogP contribution >= 0.6 is 0 Å². The van der Waals surface area contributed by atoms with E-state index >= 15 is 0 Å². The SMILES string of the molecule is Cc1cc(NC2CCCc3cc(N)ccc32)nc(C)n1. The van der Waals surface area contributed by atoms with Crippen molar-refractivity contribution in [3.63, 3.8) is 0 Å². The molecule has 3 rings (SSSR count). The van der Waals surface area contributed by atoms with Gasteiger partial charge < -0.3 is 11.1 Å². The van der Waals surface area contributed by atoms with Gasteiger partial charge in [0.25, 0.3) is 0 Å². The smallest absolute Gasteiger partial charge is 0.130 e. The van der Waals surface area contributed by atoms with Crippen LogP contribution in [-0.2, 0) is 6.42 Å². The van der Waals surface area contributed by atoms with Gasteiger partial charge in [-0.1, -0.05) is 6.07 Å². The summed E-state index contributed by atoms with van der Waals surface area (Å²) in [5, 5.41) is 3.55. The second kappa shape index (κ2) is 5.12. The molecule has 0 saturated carbocycles. The zero-order valence-electron chi connectivity index (χ0n) is 12.0. The molecule has 1 aromatic carbocycles. The number of nitrogens with zero attached hydrogens (tertiary/aromatic N) is 2. The second-order valence-electron chi connectivity index (χ2n) is 5.49. The molecule has 1 aliphatic carbocycles. The van der Waals surface area contributed by atoms with Crippen molar-refractivity contribution in [3.05, 3.63) is 46.9 Å². The zero-order valence-corrected chi connectivity index (χ0v) is 12.0. The third kappa shape index (κ3) is 2.59. The first-order valence-corrected chi connectivity index (χ1v) is 7.09. The monoisotopic (exact) mass is 268 g/mol. The highest BCUT2D eigenvalue weighted by atomic mass is 15.0. The fourth-order valence-corrected chi connectivity index (χ4v) is 2.95. The van der Waals surface area contributed by atoms with E-state index in [0.29, 0.717) is 6.04 Å². The third-order valence-electron chi connectivity index (χ3n) is 3.77. The molecule has 0 amide bonds. The lowest BCUT2D eigenvalue weighted by atomic mass is 9.87. The summed E-state index contributed by atoms with van der Waals surface area (Å²) >= 11 is 0. The van der Waals surface area contributed by atoms with Gasteiger partial charge in [0.2, 0.25) is 0 Å². The minimum Gasteiger partial charge on any atom is -0.399 e. The highest BCUT2D eigenvalue weighted by Crippen LogP contribution is 2.33. The number of nitrogen functional groups attached to an aromatic ring is 1. The first-order valence-electron chi connectivity index (χ1n) is 7.09. The maximum atomic E-state index is 5.88. The number of aryl methyl sites for hydroxylation is 3. The molecule has 1 atom stereocenters. The third-order valence-corrected chi connectivity index (χ3v) is 3.77. The molecular weight excluding hydrogens is 248 g/mol. The quantitative estimate of drug-likeness (QED) is 0.821. The van der Waals surface area contributed by atoms with Crippen molar-refractivity contribution >= 4 is 11.5 Å². The minimum absolute atomic E-state index is 0.313. The van der Waals surface area contributed by atoms with Gasteiger partial charge in [-0.3, -0.25) is 0 Å². The van der Waals surface area contributed by atoms with E-state index in [2.05, 4.69) is 27.4 Å². The molecular formula is C16H20N4. The van der Waals surface area contributed by atoms with E-state index in [1.54, 1.807) is 0 Å². The number of fused-ring (bicyclic) bond motifs is 1. The Bertz CT molecular complexity index is 616. The Kier molecular flexibility index (Phi) is 3.30. The second-order valence-corrected chi connectivity index (χ2v) is 5.49. The summed E-state index contributed by atoms with van der Waals surface area (Å²) in [4.78, 5) is 8.79. The predicted molar refractivity (Wildman–Crippen MR) is 81.7 cm³/mol. The van der Waals surface area contributed by atoms with Crippen LogP contribution in [0.2, 0.25) is 0 Å². The van der Waals surface area contributed by atoms with Crippen molar-refractivity contribution in [1.82, 2.24) is 9.97 Å². The molecule has 1 aliphatic rings. The standard InChI is InChI=1S/C16H20N4/c1-10-8-16(19-11(2)18-10)20-15-5-3-4-12-9-13(17)6-7-14(12)15/h6-9,15H,3-5,17H2,1-2H3,(H,18,19,20). The minimum atomic E-state index is 0.313. The molecule has 20 heavy (non-hydrogen) atoms. The summed E-state index contributed by atoms with van der Waals surface area (Å²) < 4.78 is 0. The van der Waals surface area contributed by atoms with Crippen molar-refractivity contribution in [2.75, 3.05) is 11.1 Å². The normalized spacial score (nSPS) is 17.6. The molecule has 1 unspecified atom stereocenters. The van der Waals surface area contributed by atoms with Gasteiger partial charge in [0.1, 0.15) is 11.6 Å². The van der Waals surface area contributed by atoms with E-state index in [4.69, 9.17) is 5.73 Å². The van der Waals surface area contributed by atoms with Crippen LogP contribution in [0.5, 0.6) is 0 Å². The molecule has 4 nitrogen and oxygen atoms in total. The van der Waals surface area contributed by atoms with Gasteiger partial charge in [-0.05, 0) is 56.4 Å². The summed E-state index contributed by atoms with van der Waals surface area (Å²) in [5.74, 6) is 1.71. The van der Waals surface area contributed by atoms with Crippen molar-refractivity contribution in [1.29, 1.82) is 0 Å². The Morgan fingerprint density at radius 2 is 2.05 bits per heavy atom. The first kappa shape index (κ1) is 12.9. The van der Waals surface area contributed by atoms with Crippen molar-refractivity contribution in [2.45, 2.75) is 39.2 Å². The zero-order chi connectivity index (χ0) is 14.1. The fourth-order valence-electron chi connectivity index (χ4n) is 2.95. The molecule has 1 heterocycles. The lowest BCUT2D eigenvalue weighted by Crippen LogP contribution is -2.18. The van der Waals surface area contributed by atoms with E-state index in [0.717, 1.165) is 35.9 Å². The van der Waals surface area contributed by atoms with Crippen LogP contribution < -0.4 is 11.1 Å². The summed E-state index contributed by atoms with van der Waals surface area (Å²) in [7, 11) is 0. The van der Waals surface area contributed by atoms with Crippen LogP contribution in [0.1, 0.15) is 41.5 Å². The topological polar surface area (TPSA) is 63.8 Å². The van der Waals surface area contributed by atoms with Gasteiger partial charge in [-0.15, -0.1) is 0 Å². The lowest BCUT2D eigenvalue weighted by molar-refractivity contribution is 0.598. The Balaban J connectivity index is 1.89. The Hall–Kier alpha value is -2.10. The average molecular weight is 268 g/mol. The molecule has 104 valence electrons. The number of nitrogens with two attached hydrogens (primary N) is 1. The molecule has 0 radical (unpaired) electrons. The number of nitrogens with one attached hydrogen (secondary N) is 1. The summed E-state index contributed by atoms with van der Waals surface area (Å²) in [6, 6.07) is 8.53. The van der Waals surface area contributed by atoms with Crippen LogP contribution in [0.25, 0.3) is 0 Å². The van der Waals surface area contributed by atoms with Gasteiger partial charge in [0.15, 0.2) is 0 Å². The van der Waals surface area contributed by atoms with Crippen molar-refractivity contribution < 1.29 is 0 Å². The number of anilines is 2. The molecule has 0 spiro atoms. The number of hydrogen-bond donors (Lipinski definition) is 2. The fraction of sp³-hybridized carbons (Fsp3) is 0.375. The molecule has 0 bridgehead atoms. The summed E-state index contributed by atoms with van der Waals surface area (Å²) in [5.41, 5.74) is 10.4. The summed E-state index contributed by atoms with van der Waals surface area (Å²) in [6.07, 6.45) is 3.41. The van der Waals surface area contributed by atoms with E-state index in [9.17, 15) is 0 Å². The van der Waals surface area contributed by atoms with Crippen LogP contribution in [0.15, 0.2) is 24.3 Å². The molecule has 0 fully saturated rings. The van der Waals surface area contributed by atoms with Gasteiger partial charge >= 0.3 is 0 Å². The van der Waals surface area contributed by atoms with Gasteiger partial charge in [0, 0.05) is 17.4 Å². The van der Waals surface area contributed by atoms with E-state index in [1.165, 1.54) is 17.5 Å². The van der Waals surface area contributed by atoms with Crippen LogP contribution in [0.3, 0.4) is 0 Å². The highest BCUT2D eigenvalue weighted by Gasteiger charge is 2.20. The van der Waals surface area contributed by atoms with Gasteiger partial charge in [-0.25, -0.2) is 9.97 Å². The van der Waals surface area contributed by atoms with Gasteiger partial charge in [0.05, 0.1) is 6.04 Å². The first-order chi connectivity index (χ1) is 9.61. The molecule has 2 aromatic rings. The van der Waals surface area contributed by atoms with Crippen LogP contribution in [0, 0.1) is 13.8 Å². The lowest BCUT2D eigenvalue weighted by Gasteiger charge is -2.27. The van der Waals surface area contributed by atoms with Crippen molar-refractivity contribution in [3.8, 4) is 0 Å². The van der Waals surface area contributed by atoms with Crippen LogP contribution in [-0.4, -0.2) is 9.97 Å². The number of benzene rings is 1. The highest BCUT2D eigenvalue weighted by molar-refractivity contribution is 5.49.